The van der Waals surface area contributed by atoms with Gasteiger partial charge in [-0.2, -0.15) is 0 Å². The second-order valence-electron chi connectivity index (χ2n) is 6.40. The van der Waals surface area contributed by atoms with Crippen LogP contribution in [0.3, 0.4) is 0 Å². The maximum absolute atomic E-state index is 14.5. The molecule has 0 amide bonds. The zero-order valence-corrected chi connectivity index (χ0v) is 16.3. The van der Waals surface area contributed by atoms with Crippen LogP contribution in [0.5, 0.6) is 0 Å². The summed E-state index contributed by atoms with van der Waals surface area (Å²) in [6.45, 7) is 1.87. The Labute approximate surface area is 172 Å². The molecule has 3 heterocycles. The van der Waals surface area contributed by atoms with E-state index in [-0.39, 0.29) is 0 Å². The fourth-order valence-corrected chi connectivity index (χ4v) is 3.38. The van der Waals surface area contributed by atoms with Crippen molar-refractivity contribution in [2.75, 3.05) is 0 Å². The van der Waals surface area contributed by atoms with E-state index in [0.717, 1.165) is 27.6 Å². The predicted molar refractivity (Wildman–Crippen MR) is 116 cm³/mol. The molecule has 0 aliphatic heterocycles. The number of fused-ring (bicyclic) bond motifs is 1. The van der Waals surface area contributed by atoms with Gasteiger partial charge in [-0.25, -0.2) is 14.4 Å². The van der Waals surface area contributed by atoms with E-state index in [0.29, 0.717) is 21.9 Å². The minimum atomic E-state index is -0.407. The highest BCUT2D eigenvalue weighted by atomic mass is 35.5. The average Bonchev–Trinajstić information content (AvgIpc) is 2.76. The van der Waals surface area contributed by atoms with Crippen LogP contribution in [0.15, 0.2) is 67.1 Å². The molecule has 0 bridgehead atoms. The Kier molecular flexibility index (Phi) is 5.14. The molecule has 4 nitrogen and oxygen atoms in total. The van der Waals surface area contributed by atoms with Gasteiger partial charge in [0.1, 0.15) is 5.82 Å². The van der Waals surface area contributed by atoms with E-state index in [9.17, 15) is 4.39 Å². The van der Waals surface area contributed by atoms with Crippen molar-refractivity contribution in [3.05, 3.63) is 83.5 Å². The van der Waals surface area contributed by atoms with Crippen LogP contribution in [-0.2, 0) is 0 Å². The minimum Gasteiger partial charge on any atom is -0.308 e. The van der Waals surface area contributed by atoms with Gasteiger partial charge in [0.05, 0.1) is 5.69 Å². The first-order valence-electron chi connectivity index (χ1n) is 8.94. The number of benzene rings is 1. The maximum atomic E-state index is 14.5. The van der Waals surface area contributed by atoms with Gasteiger partial charge < -0.3 is 5.41 Å². The summed E-state index contributed by atoms with van der Waals surface area (Å²) in [6, 6.07) is 11.9. The lowest BCUT2D eigenvalue weighted by atomic mass is 9.98. The van der Waals surface area contributed by atoms with Gasteiger partial charge in [-0.1, -0.05) is 17.7 Å². The number of allylic oxidation sites excluding steroid dienone is 2. The molecule has 4 aromatic rings. The third-order valence-corrected chi connectivity index (χ3v) is 4.87. The summed E-state index contributed by atoms with van der Waals surface area (Å²) < 4.78 is 14.5. The summed E-state index contributed by atoms with van der Waals surface area (Å²) in [5.74, 6) is -0.407. The Balaban J connectivity index is 1.99. The smallest absolute Gasteiger partial charge is 0.160 e. The minimum absolute atomic E-state index is 0.309. The maximum Gasteiger partial charge on any atom is 0.160 e. The van der Waals surface area contributed by atoms with Crippen molar-refractivity contribution in [2.45, 2.75) is 6.92 Å². The molecule has 0 saturated carbocycles. The molecule has 0 saturated heterocycles. The number of aromatic nitrogens is 3. The number of pyridine rings is 3. The van der Waals surface area contributed by atoms with Gasteiger partial charge in [0, 0.05) is 51.9 Å². The number of halogens is 2. The lowest BCUT2D eigenvalue weighted by molar-refractivity contribution is 0.631. The van der Waals surface area contributed by atoms with Crippen LogP contribution >= 0.6 is 11.6 Å². The average molecular weight is 403 g/mol. The van der Waals surface area contributed by atoms with Gasteiger partial charge in [-0.15, -0.1) is 0 Å². The highest BCUT2D eigenvalue weighted by Crippen LogP contribution is 2.33. The lowest BCUT2D eigenvalue weighted by Crippen LogP contribution is -1.95. The largest absolute Gasteiger partial charge is 0.308 e. The Morgan fingerprint density at radius 3 is 2.76 bits per heavy atom. The highest BCUT2D eigenvalue weighted by molar-refractivity contribution is 6.30. The molecule has 142 valence electrons. The Hall–Kier alpha value is -3.44. The molecule has 0 aliphatic rings. The first-order valence-corrected chi connectivity index (χ1v) is 9.32. The molecule has 0 radical (unpaired) electrons. The van der Waals surface area contributed by atoms with Gasteiger partial charge in [0.25, 0.3) is 0 Å². The van der Waals surface area contributed by atoms with E-state index in [1.807, 2.05) is 37.3 Å². The van der Waals surface area contributed by atoms with Gasteiger partial charge in [-0.05, 0) is 60.5 Å². The Bertz CT molecular complexity index is 1270. The normalized spacial score (nSPS) is 11.6. The van der Waals surface area contributed by atoms with Crippen LogP contribution in [0.2, 0.25) is 5.02 Å². The molecule has 0 unspecified atom stereocenters. The third-order valence-electron chi connectivity index (χ3n) is 4.64. The van der Waals surface area contributed by atoms with Gasteiger partial charge in [-0.3, -0.25) is 4.98 Å². The van der Waals surface area contributed by atoms with Crippen LogP contribution in [0.1, 0.15) is 12.5 Å². The topological polar surface area (TPSA) is 62.5 Å². The fourth-order valence-electron chi connectivity index (χ4n) is 3.21. The summed E-state index contributed by atoms with van der Waals surface area (Å²) in [7, 11) is 0. The zero-order valence-electron chi connectivity index (χ0n) is 15.5. The second kappa shape index (κ2) is 7.89. The van der Waals surface area contributed by atoms with Gasteiger partial charge >= 0.3 is 0 Å². The van der Waals surface area contributed by atoms with Crippen molar-refractivity contribution >= 4 is 34.4 Å². The summed E-state index contributed by atoms with van der Waals surface area (Å²) in [5, 5.41) is 8.86. The molecule has 1 aromatic carbocycles. The molecule has 1 N–H and O–H groups in total. The first-order chi connectivity index (χ1) is 14.1. The monoisotopic (exact) mass is 402 g/mol. The molecule has 29 heavy (non-hydrogen) atoms. The molecule has 0 spiro atoms. The van der Waals surface area contributed by atoms with Crippen LogP contribution in [0, 0.1) is 11.2 Å². The number of nitrogens with zero attached hydrogens (tertiary/aromatic N) is 3. The van der Waals surface area contributed by atoms with Crippen LogP contribution in [0.25, 0.3) is 39.0 Å². The van der Waals surface area contributed by atoms with Crippen molar-refractivity contribution in [3.8, 4) is 22.4 Å². The number of hydrogen-bond acceptors (Lipinski definition) is 4. The van der Waals surface area contributed by atoms with E-state index in [1.165, 1.54) is 18.3 Å². The highest BCUT2D eigenvalue weighted by Gasteiger charge is 2.14. The molecule has 4 rings (SSSR count). The first kappa shape index (κ1) is 18.9. The number of hydrogen-bond donors (Lipinski definition) is 1. The second-order valence-corrected chi connectivity index (χ2v) is 6.84. The van der Waals surface area contributed by atoms with Gasteiger partial charge in [0.15, 0.2) is 5.65 Å². The van der Waals surface area contributed by atoms with Crippen molar-refractivity contribution in [1.82, 2.24) is 15.0 Å². The molecular formula is C23H16ClFN4. The van der Waals surface area contributed by atoms with E-state index in [1.54, 1.807) is 24.7 Å². The Morgan fingerprint density at radius 1 is 1.10 bits per heavy atom. The molecule has 3 aromatic heterocycles. The summed E-state index contributed by atoms with van der Waals surface area (Å²) in [4.78, 5) is 13.2. The summed E-state index contributed by atoms with van der Waals surface area (Å²) in [6.07, 6.45) is 8.25. The molecule has 0 aliphatic carbocycles. The van der Waals surface area contributed by atoms with Crippen LogP contribution in [-0.4, -0.2) is 21.2 Å². The molecular weight excluding hydrogens is 387 g/mol. The SMILES string of the molecule is C/C=C(\C=N)c1cncc(-c2cc(-c3cc(Cl)ccc3F)nc3ncccc23)c1. The van der Waals surface area contributed by atoms with Crippen molar-refractivity contribution in [3.63, 3.8) is 0 Å². The standard InChI is InChI=1S/C23H16ClFN4/c1-2-14(11-26)15-8-16(13-27-12-15)19-10-22(20-9-17(24)5-6-21(20)25)29-23-18(19)4-3-7-28-23/h2-13,26H,1H3/b14-2+,26-11?. The zero-order chi connectivity index (χ0) is 20.4. The van der Waals surface area contributed by atoms with E-state index in [4.69, 9.17) is 17.0 Å². The van der Waals surface area contributed by atoms with Crippen LogP contribution in [0.4, 0.5) is 4.39 Å². The third kappa shape index (κ3) is 3.65. The van der Waals surface area contributed by atoms with Gasteiger partial charge in [0.2, 0.25) is 0 Å². The van der Waals surface area contributed by atoms with Crippen molar-refractivity contribution in [1.29, 1.82) is 5.41 Å². The van der Waals surface area contributed by atoms with Crippen LogP contribution < -0.4 is 0 Å². The lowest BCUT2D eigenvalue weighted by Gasteiger charge is -2.11. The quantitative estimate of drug-likeness (QED) is 0.413. The number of nitrogens with one attached hydrogen (secondary N) is 1. The predicted octanol–water partition coefficient (Wildman–Crippen LogP) is 6.20. The molecule has 6 heteroatoms. The number of rotatable bonds is 4. The summed E-state index contributed by atoms with van der Waals surface area (Å²) >= 11 is 6.08. The summed E-state index contributed by atoms with van der Waals surface area (Å²) in [5.41, 5.74) is 4.49. The fraction of sp³-hybridized carbons (Fsp3) is 0.0435. The molecule has 0 fully saturated rings. The van der Waals surface area contributed by atoms with E-state index in [2.05, 4.69) is 15.0 Å². The molecule has 0 atom stereocenters. The van der Waals surface area contributed by atoms with Crippen molar-refractivity contribution in [2.24, 2.45) is 0 Å². The van der Waals surface area contributed by atoms with Crippen molar-refractivity contribution < 1.29 is 4.39 Å². The Morgan fingerprint density at radius 2 is 1.97 bits per heavy atom. The van der Waals surface area contributed by atoms with E-state index >= 15 is 0 Å². The van der Waals surface area contributed by atoms with E-state index < -0.39 is 5.82 Å².